The number of aryl methyl sites for hydroxylation is 1. The van der Waals surface area contributed by atoms with Crippen LogP contribution in [0.25, 0.3) is 5.69 Å². The Hall–Kier alpha value is -2.07. The first-order valence-electron chi connectivity index (χ1n) is 6.77. The molecule has 2 aromatic heterocycles. The van der Waals surface area contributed by atoms with Crippen molar-refractivity contribution >= 4 is 17.0 Å². The fraction of sp³-hybridized carbons (Fsp3) is 0.188. The van der Waals surface area contributed by atoms with Gasteiger partial charge < -0.3 is 5.32 Å². The fourth-order valence-electron chi connectivity index (χ4n) is 2.12. The number of aromatic nitrogens is 2. The quantitative estimate of drug-likeness (QED) is 0.763. The summed E-state index contributed by atoms with van der Waals surface area (Å²) in [6, 6.07) is 14.6. The Morgan fingerprint density at radius 3 is 2.70 bits per heavy atom. The van der Waals surface area contributed by atoms with Crippen molar-refractivity contribution in [1.82, 2.24) is 9.78 Å². The number of thiophene rings is 1. The molecular formula is C16H17N3S. The first kappa shape index (κ1) is 12.9. The summed E-state index contributed by atoms with van der Waals surface area (Å²) < 4.78 is 1.88. The van der Waals surface area contributed by atoms with Gasteiger partial charge in [0, 0.05) is 28.7 Å². The van der Waals surface area contributed by atoms with E-state index in [0.717, 1.165) is 24.3 Å². The van der Waals surface area contributed by atoms with Crippen LogP contribution in [0.5, 0.6) is 0 Å². The number of rotatable bonds is 5. The van der Waals surface area contributed by atoms with Crippen LogP contribution in [0.15, 0.2) is 54.9 Å². The zero-order valence-corrected chi connectivity index (χ0v) is 12.2. The summed E-state index contributed by atoms with van der Waals surface area (Å²) in [5.41, 5.74) is 2.17. The van der Waals surface area contributed by atoms with Gasteiger partial charge in [-0.2, -0.15) is 5.10 Å². The van der Waals surface area contributed by atoms with E-state index in [0.29, 0.717) is 0 Å². The summed E-state index contributed by atoms with van der Waals surface area (Å²) >= 11 is 1.87. The second-order valence-corrected chi connectivity index (χ2v) is 5.80. The molecule has 0 bridgehead atoms. The Labute approximate surface area is 122 Å². The number of nitrogens with zero attached hydrogens (tertiary/aromatic N) is 2. The van der Waals surface area contributed by atoms with Crippen molar-refractivity contribution in [2.45, 2.75) is 19.9 Å². The molecule has 2 heterocycles. The minimum Gasteiger partial charge on any atom is -0.378 e. The van der Waals surface area contributed by atoms with Crippen molar-refractivity contribution in [3.05, 3.63) is 64.6 Å². The molecular weight excluding hydrogens is 266 g/mol. The minimum absolute atomic E-state index is 0.850. The summed E-state index contributed by atoms with van der Waals surface area (Å²) in [5, 5.41) is 7.80. The van der Waals surface area contributed by atoms with Crippen LogP contribution in [0.3, 0.4) is 0 Å². The van der Waals surface area contributed by atoms with Gasteiger partial charge in [-0.15, -0.1) is 11.3 Å². The smallest absolute Gasteiger partial charge is 0.0876 e. The van der Waals surface area contributed by atoms with Gasteiger partial charge in [0.05, 0.1) is 11.4 Å². The summed E-state index contributed by atoms with van der Waals surface area (Å²) in [6.07, 6.45) is 4.86. The van der Waals surface area contributed by atoms with Gasteiger partial charge in [-0.25, -0.2) is 4.68 Å². The second kappa shape index (κ2) is 5.92. The molecule has 102 valence electrons. The lowest BCUT2D eigenvalue weighted by molar-refractivity contribution is 0.879. The Kier molecular flexibility index (Phi) is 3.83. The van der Waals surface area contributed by atoms with Crippen molar-refractivity contribution in [3.63, 3.8) is 0 Å². The molecule has 0 saturated carbocycles. The average molecular weight is 283 g/mol. The van der Waals surface area contributed by atoms with Gasteiger partial charge >= 0.3 is 0 Å². The van der Waals surface area contributed by atoms with Crippen molar-refractivity contribution in [3.8, 4) is 5.69 Å². The van der Waals surface area contributed by atoms with Crippen LogP contribution in [0.4, 0.5) is 5.69 Å². The van der Waals surface area contributed by atoms with Crippen molar-refractivity contribution in [1.29, 1.82) is 0 Å². The third-order valence-electron chi connectivity index (χ3n) is 3.17. The van der Waals surface area contributed by atoms with E-state index in [1.54, 1.807) is 6.20 Å². The highest BCUT2D eigenvalue weighted by molar-refractivity contribution is 7.12. The Bertz CT molecular complexity index is 671. The Balaban J connectivity index is 1.77. The molecule has 0 atom stereocenters. The molecule has 0 spiro atoms. The molecule has 3 nitrogen and oxygen atoms in total. The standard InChI is InChI=1S/C16H17N3S/c1-2-13-8-9-14(20-13)12-17-15-6-3-4-7-16(15)19-11-5-10-18-19/h3-11,17H,2,12H2,1H3. The van der Waals surface area contributed by atoms with Crippen molar-refractivity contribution in [2.75, 3.05) is 5.32 Å². The van der Waals surface area contributed by atoms with Crippen LogP contribution in [0, 0.1) is 0 Å². The first-order chi connectivity index (χ1) is 9.86. The number of anilines is 1. The lowest BCUT2D eigenvalue weighted by Gasteiger charge is -2.11. The van der Waals surface area contributed by atoms with Crippen LogP contribution in [-0.4, -0.2) is 9.78 Å². The maximum absolute atomic E-state index is 4.30. The van der Waals surface area contributed by atoms with Crippen molar-refractivity contribution < 1.29 is 0 Å². The third-order valence-corrected chi connectivity index (χ3v) is 4.40. The molecule has 0 aliphatic carbocycles. The van der Waals surface area contributed by atoms with E-state index < -0.39 is 0 Å². The number of hydrogen-bond acceptors (Lipinski definition) is 3. The molecule has 0 aliphatic rings. The van der Waals surface area contributed by atoms with Gasteiger partial charge in [-0.1, -0.05) is 19.1 Å². The second-order valence-electron chi connectivity index (χ2n) is 4.54. The number of para-hydroxylation sites is 2. The van der Waals surface area contributed by atoms with E-state index in [4.69, 9.17) is 0 Å². The number of benzene rings is 1. The fourth-order valence-corrected chi connectivity index (χ4v) is 3.02. The minimum atomic E-state index is 0.850. The van der Waals surface area contributed by atoms with E-state index in [-0.39, 0.29) is 0 Å². The molecule has 20 heavy (non-hydrogen) atoms. The highest BCUT2D eigenvalue weighted by Gasteiger charge is 2.04. The summed E-state index contributed by atoms with van der Waals surface area (Å²) in [6.45, 7) is 3.04. The first-order valence-corrected chi connectivity index (χ1v) is 7.59. The van der Waals surface area contributed by atoms with Gasteiger partial charge in [0.25, 0.3) is 0 Å². The van der Waals surface area contributed by atoms with E-state index in [9.17, 15) is 0 Å². The van der Waals surface area contributed by atoms with Crippen LogP contribution in [0.1, 0.15) is 16.7 Å². The van der Waals surface area contributed by atoms with E-state index in [2.05, 4.69) is 41.6 Å². The average Bonchev–Trinajstić information content (AvgIpc) is 3.17. The zero-order chi connectivity index (χ0) is 13.8. The Morgan fingerprint density at radius 1 is 1.10 bits per heavy atom. The SMILES string of the molecule is CCc1ccc(CNc2ccccc2-n2cccn2)s1. The highest BCUT2D eigenvalue weighted by Crippen LogP contribution is 2.22. The number of nitrogens with one attached hydrogen (secondary N) is 1. The van der Waals surface area contributed by atoms with Gasteiger partial charge in [-0.3, -0.25) is 0 Å². The Morgan fingerprint density at radius 2 is 1.95 bits per heavy atom. The molecule has 3 rings (SSSR count). The zero-order valence-electron chi connectivity index (χ0n) is 11.4. The molecule has 1 aromatic carbocycles. The predicted octanol–water partition coefficient (Wildman–Crippen LogP) is 4.11. The van der Waals surface area contributed by atoms with Crippen LogP contribution < -0.4 is 5.32 Å². The maximum Gasteiger partial charge on any atom is 0.0876 e. The molecule has 0 radical (unpaired) electrons. The molecule has 0 amide bonds. The maximum atomic E-state index is 4.30. The third kappa shape index (κ3) is 2.75. The molecule has 4 heteroatoms. The van der Waals surface area contributed by atoms with Crippen LogP contribution in [0.2, 0.25) is 0 Å². The highest BCUT2D eigenvalue weighted by atomic mass is 32.1. The molecule has 0 fully saturated rings. The molecule has 1 N–H and O–H groups in total. The number of hydrogen-bond donors (Lipinski definition) is 1. The summed E-state index contributed by atoms with van der Waals surface area (Å²) in [4.78, 5) is 2.79. The van der Waals surface area contributed by atoms with Gasteiger partial charge in [0.1, 0.15) is 0 Å². The van der Waals surface area contributed by atoms with Crippen molar-refractivity contribution in [2.24, 2.45) is 0 Å². The van der Waals surface area contributed by atoms with Crippen LogP contribution >= 0.6 is 11.3 Å². The van der Waals surface area contributed by atoms with Gasteiger partial charge in [-0.05, 0) is 36.8 Å². The lowest BCUT2D eigenvalue weighted by Crippen LogP contribution is -2.03. The monoisotopic (exact) mass is 283 g/mol. The van der Waals surface area contributed by atoms with E-state index in [1.807, 2.05) is 40.4 Å². The van der Waals surface area contributed by atoms with Gasteiger partial charge in [0.15, 0.2) is 0 Å². The summed E-state index contributed by atoms with van der Waals surface area (Å²) in [5.74, 6) is 0. The predicted molar refractivity (Wildman–Crippen MR) is 84.6 cm³/mol. The molecule has 3 aromatic rings. The lowest BCUT2D eigenvalue weighted by atomic mass is 10.2. The molecule has 0 unspecified atom stereocenters. The topological polar surface area (TPSA) is 29.9 Å². The van der Waals surface area contributed by atoms with Crippen LogP contribution in [-0.2, 0) is 13.0 Å². The molecule has 0 saturated heterocycles. The molecule has 0 aliphatic heterocycles. The van der Waals surface area contributed by atoms with Gasteiger partial charge in [0.2, 0.25) is 0 Å². The summed E-state index contributed by atoms with van der Waals surface area (Å²) in [7, 11) is 0. The van der Waals surface area contributed by atoms with E-state index >= 15 is 0 Å². The van der Waals surface area contributed by atoms with E-state index in [1.165, 1.54) is 9.75 Å². The normalized spacial score (nSPS) is 10.7. The largest absolute Gasteiger partial charge is 0.378 e.